The summed E-state index contributed by atoms with van der Waals surface area (Å²) in [4.78, 5) is 4.78. The van der Waals surface area contributed by atoms with Crippen molar-refractivity contribution in [2.75, 3.05) is 26.7 Å². The van der Waals surface area contributed by atoms with Gasteiger partial charge in [0, 0.05) is 26.7 Å². The molecule has 0 spiro atoms. The van der Waals surface area contributed by atoms with E-state index in [0.717, 1.165) is 24.7 Å². The lowest BCUT2D eigenvalue weighted by atomic mass is 10.1. The lowest BCUT2D eigenvalue weighted by Gasteiger charge is -2.31. The Bertz CT molecular complexity index is 256. The Morgan fingerprint density at radius 1 is 0.609 bits per heavy atom. The fourth-order valence-corrected chi connectivity index (χ4v) is 3.15. The van der Waals surface area contributed by atoms with E-state index in [1.807, 2.05) is 0 Å². The minimum absolute atomic E-state index is 1.08. The summed E-state index contributed by atoms with van der Waals surface area (Å²) in [5.41, 5.74) is 0. The van der Waals surface area contributed by atoms with Crippen LogP contribution in [0.1, 0.15) is 97.8 Å². The predicted molar refractivity (Wildman–Crippen MR) is 109 cm³/mol. The molecule has 0 bridgehead atoms. The molecule has 0 aliphatic rings. The van der Waals surface area contributed by atoms with E-state index in [1.54, 1.807) is 0 Å². The van der Waals surface area contributed by atoms with Crippen LogP contribution < -0.4 is 0 Å². The van der Waals surface area contributed by atoms with Gasteiger partial charge < -0.3 is 9.80 Å². The first-order chi connectivity index (χ1) is 11.2. The Morgan fingerprint density at radius 3 is 1.39 bits per heavy atom. The van der Waals surface area contributed by atoms with E-state index in [-0.39, 0.29) is 0 Å². The molecule has 0 aliphatic carbocycles. The molecule has 138 valence electrons. The van der Waals surface area contributed by atoms with Crippen molar-refractivity contribution in [3.63, 3.8) is 0 Å². The van der Waals surface area contributed by atoms with E-state index in [2.05, 4.69) is 37.6 Å². The van der Waals surface area contributed by atoms with Gasteiger partial charge in [0.25, 0.3) is 0 Å². The first-order valence-corrected chi connectivity index (χ1v) is 10.6. The number of hydrogen-bond acceptors (Lipinski definition) is 1. The second-order valence-corrected chi connectivity index (χ2v) is 7.24. The van der Waals surface area contributed by atoms with Crippen LogP contribution in [0, 0.1) is 0 Å². The van der Waals surface area contributed by atoms with E-state index in [9.17, 15) is 0 Å². The first kappa shape index (κ1) is 22.7. The standard InChI is InChI=1S/C20H42N2S/c1-5-8-11-14-17-21(4)20(23)22(18-15-12-9-6-2)19-16-13-10-7-3/h5-19H2,1-4H3. The molecular weight excluding hydrogens is 300 g/mol. The highest BCUT2D eigenvalue weighted by molar-refractivity contribution is 7.80. The zero-order valence-electron chi connectivity index (χ0n) is 16.4. The number of hydrogen-bond donors (Lipinski definition) is 0. The maximum Gasteiger partial charge on any atom is 0.171 e. The third-order valence-electron chi connectivity index (χ3n) is 4.51. The number of thiocarbonyl (C=S) groups is 1. The minimum Gasteiger partial charge on any atom is -0.352 e. The molecule has 0 amide bonds. The summed E-state index contributed by atoms with van der Waals surface area (Å²) in [6.45, 7) is 10.2. The molecule has 0 heterocycles. The fraction of sp³-hybridized carbons (Fsp3) is 0.950. The second-order valence-electron chi connectivity index (χ2n) is 6.87. The molecule has 0 aromatic heterocycles. The van der Waals surface area contributed by atoms with Gasteiger partial charge in [-0.2, -0.15) is 0 Å². The molecule has 0 radical (unpaired) electrons. The maximum atomic E-state index is 5.78. The molecule has 0 aromatic carbocycles. The van der Waals surface area contributed by atoms with Crippen molar-refractivity contribution in [1.82, 2.24) is 9.80 Å². The van der Waals surface area contributed by atoms with Crippen molar-refractivity contribution in [1.29, 1.82) is 0 Å². The minimum atomic E-state index is 1.08. The zero-order valence-corrected chi connectivity index (χ0v) is 17.2. The van der Waals surface area contributed by atoms with Crippen molar-refractivity contribution in [2.24, 2.45) is 0 Å². The summed E-state index contributed by atoms with van der Waals surface area (Å²) in [7, 11) is 2.18. The predicted octanol–water partition coefficient (Wildman–Crippen LogP) is 6.25. The molecule has 23 heavy (non-hydrogen) atoms. The van der Waals surface area contributed by atoms with Crippen molar-refractivity contribution >= 4 is 17.3 Å². The maximum absolute atomic E-state index is 5.78. The second kappa shape index (κ2) is 16.5. The molecule has 0 fully saturated rings. The zero-order chi connectivity index (χ0) is 17.3. The van der Waals surface area contributed by atoms with E-state index < -0.39 is 0 Å². The number of unbranched alkanes of at least 4 members (excludes halogenated alkanes) is 9. The Hall–Kier alpha value is -0.310. The van der Waals surface area contributed by atoms with Gasteiger partial charge in [0.05, 0.1) is 0 Å². The summed E-state index contributed by atoms with van der Waals surface area (Å²) >= 11 is 5.78. The smallest absolute Gasteiger partial charge is 0.171 e. The molecule has 0 unspecified atom stereocenters. The Balaban J connectivity index is 4.22. The molecule has 0 saturated carbocycles. The van der Waals surface area contributed by atoms with Crippen LogP contribution in [-0.4, -0.2) is 41.6 Å². The van der Waals surface area contributed by atoms with Gasteiger partial charge in [-0.3, -0.25) is 0 Å². The lowest BCUT2D eigenvalue weighted by Crippen LogP contribution is -2.42. The van der Waals surface area contributed by atoms with E-state index in [1.165, 1.54) is 77.0 Å². The molecule has 2 nitrogen and oxygen atoms in total. The van der Waals surface area contributed by atoms with Gasteiger partial charge in [-0.25, -0.2) is 0 Å². The van der Waals surface area contributed by atoms with Crippen LogP contribution in [0.3, 0.4) is 0 Å². The van der Waals surface area contributed by atoms with E-state index in [4.69, 9.17) is 12.2 Å². The van der Waals surface area contributed by atoms with Gasteiger partial charge >= 0.3 is 0 Å². The highest BCUT2D eigenvalue weighted by Gasteiger charge is 2.13. The van der Waals surface area contributed by atoms with E-state index >= 15 is 0 Å². The number of rotatable bonds is 15. The van der Waals surface area contributed by atoms with Crippen LogP contribution >= 0.6 is 12.2 Å². The topological polar surface area (TPSA) is 6.48 Å². The Kier molecular flexibility index (Phi) is 16.3. The quantitative estimate of drug-likeness (QED) is 0.257. The molecular formula is C20H42N2S. The van der Waals surface area contributed by atoms with Crippen LogP contribution in [0.4, 0.5) is 0 Å². The van der Waals surface area contributed by atoms with Gasteiger partial charge in [-0.15, -0.1) is 0 Å². The van der Waals surface area contributed by atoms with Crippen molar-refractivity contribution in [3.8, 4) is 0 Å². The lowest BCUT2D eigenvalue weighted by molar-refractivity contribution is 0.334. The summed E-state index contributed by atoms with van der Waals surface area (Å²) < 4.78 is 0. The van der Waals surface area contributed by atoms with Gasteiger partial charge in [-0.05, 0) is 31.5 Å². The third kappa shape index (κ3) is 12.7. The van der Waals surface area contributed by atoms with Crippen LogP contribution in [0.15, 0.2) is 0 Å². The SMILES string of the molecule is CCCCCCN(C)C(=S)N(CCCCCC)CCCCCC. The van der Waals surface area contributed by atoms with Crippen molar-refractivity contribution < 1.29 is 0 Å². The highest BCUT2D eigenvalue weighted by atomic mass is 32.1. The average Bonchev–Trinajstić information content (AvgIpc) is 2.56. The monoisotopic (exact) mass is 342 g/mol. The van der Waals surface area contributed by atoms with Crippen molar-refractivity contribution in [2.45, 2.75) is 97.8 Å². The molecule has 0 saturated heterocycles. The Labute approximate surface area is 152 Å². The van der Waals surface area contributed by atoms with Crippen LogP contribution in [0.5, 0.6) is 0 Å². The molecule has 0 rings (SSSR count). The third-order valence-corrected chi connectivity index (χ3v) is 5.08. The molecule has 0 aromatic rings. The van der Waals surface area contributed by atoms with Gasteiger partial charge in [0.1, 0.15) is 0 Å². The average molecular weight is 343 g/mol. The van der Waals surface area contributed by atoms with Crippen LogP contribution in [0.25, 0.3) is 0 Å². The summed E-state index contributed by atoms with van der Waals surface area (Å²) in [6.07, 6.45) is 15.8. The molecule has 3 heteroatoms. The highest BCUT2D eigenvalue weighted by Crippen LogP contribution is 2.09. The van der Waals surface area contributed by atoms with Crippen molar-refractivity contribution in [3.05, 3.63) is 0 Å². The summed E-state index contributed by atoms with van der Waals surface area (Å²) in [5.74, 6) is 0. The molecule has 0 aliphatic heterocycles. The summed E-state index contributed by atoms with van der Waals surface area (Å²) in [5, 5.41) is 1.08. The summed E-state index contributed by atoms with van der Waals surface area (Å²) in [6, 6.07) is 0. The first-order valence-electron chi connectivity index (χ1n) is 10.2. The van der Waals surface area contributed by atoms with Crippen LogP contribution in [0.2, 0.25) is 0 Å². The van der Waals surface area contributed by atoms with Gasteiger partial charge in [0.2, 0.25) is 0 Å². The van der Waals surface area contributed by atoms with Gasteiger partial charge in [0.15, 0.2) is 5.11 Å². The van der Waals surface area contributed by atoms with E-state index in [0.29, 0.717) is 0 Å². The largest absolute Gasteiger partial charge is 0.352 e. The normalized spacial score (nSPS) is 10.8. The molecule has 0 atom stereocenters. The number of nitrogens with zero attached hydrogens (tertiary/aromatic N) is 2. The fourth-order valence-electron chi connectivity index (χ4n) is 2.87. The van der Waals surface area contributed by atoms with Gasteiger partial charge in [-0.1, -0.05) is 78.6 Å². The van der Waals surface area contributed by atoms with Crippen LogP contribution in [-0.2, 0) is 0 Å². The Morgan fingerprint density at radius 2 is 1.00 bits per heavy atom. The molecule has 0 N–H and O–H groups in total.